The number of hydrogen-bond donors (Lipinski definition) is 5. The third kappa shape index (κ3) is 8.76. The highest BCUT2D eigenvalue weighted by atomic mass is 35.5. The zero-order valence-corrected chi connectivity index (χ0v) is 37.1. The van der Waals surface area contributed by atoms with Gasteiger partial charge in [-0.25, -0.2) is 13.4 Å². The standard InChI is InChI=1S/C44H50ClN11O7S/c1-63-37-21-30(7-9-34(37)50-44-48-23-33(45)40(52-44)49-35-5-3-4-27-12-19-55(39(27)35)64(2,61)62)53-17-13-28(14-18-53)47-16-15-46-22-26-24-54(25-26)29-6-8-31-32(20-29)43(60)56(42(31)59)36-10-11-38(57)51-41(36)58/h3-9,20-21,23,26,28,36,46-47H,10-19,22,24-25H2,1-2H3,(H,51,57,58)(H2,48,49,50,52). The molecule has 3 aromatic carbocycles. The average Bonchev–Trinajstić information content (AvgIpc) is 3.82. The number of para-hydroxylation sites is 1. The van der Waals surface area contributed by atoms with Crippen molar-refractivity contribution in [3.8, 4) is 5.75 Å². The van der Waals surface area contributed by atoms with Crippen LogP contribution >= 0.6 is 11.6 Å². The Hall–Kier alpha value is -6.02. The number of benzene rings is 3. The maximum Gasteiger partial charge on any atom is 0.262 e. The molecule has 4 aromatic rings. The van der Waals surface area contributed by atoms with Crippen molar-refractivity contribution in [2.75, 3.05) is 90.5 Å². The first-order valence-corrected chi connectivity index (χ1v) is 23.7. The zero-order valence-electron chi connectivity index (χ0n) is 35.5. The number of hydrogen-bond acceptors (Lipinski definition) is 15. The Kier molecular flexibility index (Phi) is 12.1. The molecule has 4 amide bonds. The second-order valence-electron chi connectivity index (χ2n) is 16.8. The number of piperidine rings is 2. The highest BCUT2D eigenvalue weighted by molar-refractivity contribution is 7.92. The molecule has 0 spiro atoms. The molecule has 5 aliphatic heterocycles. The first kappa shape index (κ1) is 43.2. The van der Waals surface area contributed by atoms with Gasteiger partial charge in [-0.15, -0.1) is 0 Å². The fourth-order valence-electron chi connectivity index (χ4n) is 9.17. The summed E-state index contributed by atoms with van der Waals surface area (Å²) >= 11 is 6.51. The Bertz CT molecular complexity index is 2620. The number of aromatic nitrogens is 2. The van der Waals surface area contributed by atoms with E-state index >= 15 is 0 Å². The molecule has 1 unspecified atom stereocenters. The summed E-state index contributed by atoms with van der Waals surface area (Å²) in [5.41, 5.74) is 5.30. The van der Waals surface area contributed by atoms with Crippen molar-refractivity contribution in [2.24, 2.45) is 5.92 Å². The van der Waals surface area contributed by atoms with Crippen molar-refractivity contribution in [1.29, 1.82) is 0 Å². The molecule has 9 rings (SSSR count). The maximum absolute atomic E-state index is 13.2. The van der Waals surface area contributed by atoms with E-state index in [-0.39, 0.29) is 29.4 Å². The van der Waals surface area contributed by atoms with E-state index in [2.05, 4.69) is 52.4 Å². The van der Waals surface area contributed by atoms with E-state index in [1.165, 1.54) is 16.8 Å². The number of methoxy groups -OCH3 is 1. The minimum Gasteiger partial charge on any atom is -0.494 e. The number of nitrogens with zero attached hydrogens (tertiary/aromatic N) is 6. The lowest BCUT2D eigenvalue weighted by molar-refractivity contribution is -0.136. The Balaban J connectivity index is 0.706. The van der Waals surface area contributed by atoms with Crippen molar-refractivity contribution in [3.05, 3.63) is 82.5 Å². The Morgan fingerprint density at radius 3 is 2.39 bits per heavy atom. The molecule has 64 heavy (non-hydrogen) atoms. The quantitative estimate of drug-likeness (QED) is 0.0852. The summed E-state index contributed by atoms with van der Waals surface area (Å²) in [6.07, 6.45) is 5.53. The van der Waals surface area contributed by atoms with Gasteiger partial charge in [0.1, 0.15) is 16.8 Å². The predicted molar refractivity (Wildman–Crippen MR) is 244 cm³/mol. The number of anilines is 7. The number of fused-ring (bicyclic) bond motifs is 2. The number of amides is 4. The molecule has 0 radical (unpaired) electrons. The number of halogens is 1. The molecule has 5 aliphatic rings. The van der Waals surface area contributed by atoms with Crippen LogP contribution in [0, 0.1) is 5.92 Å². The molecule has 336 valence electrons. The molecule has 18 nitrogen and oxygen atoms in total. The molecule has 20 heteroatoms. The first-order valence-electron chi connectivity index (χ1n) is 21.5. The fraction of sp³-hybridized carbons (Fsp3) is 0.409. The van der Waals surface area contributed by atoms with Crippen LogP contribution in [0.5, 0.6) is 5.75 Å². The van der Waals surface area contributed by atoms with E-state index in [0.717, 1.165) is 80.5 Å². The monoisotopic (exact) mass is 911 g/mol. The van der Waals surface area contributed by atoms with E-state index in [1.807, 2.05) is 30.3 Å². The largest absolute Gasteiger partial charge is 0.494 e. The van der Waals surface area contributed by atoms with Crippen molar-refractivity contribution in [2.45, 2.75) is 44.2 Å². The fourth-order valence-corrected chi connectivity index (χ4v) is 10.3. The van der Waals surface area contributed by atoms with Crippen LogP contribution in [0.15, 0.2) is 60.8 Å². The third-order valence-electron chi connectivity index (χ3n) is 12.6. The van der Waals surface area contributed by atoms with E-state index in [0.29, 0.717) is 59.1 Å². The molecule has 3 fully saturated rings. The van der Waals surface area contributed by atoms with E-state index < -0.39 is 39.7 Å². The first-order chi connectivity index (χ1) is 30.8. The van der Waals surface area contributed by atoms with Crippen LogP contribution in [0.1, 0.15) is 52.0 Å². The molecule has 1 aromatic heterocycles. The highest BCUT2D eigenvalue weighted by Gasteiger charge is 2.45. The summed E-state index contributed by atoms with van der Waals surface area (Å²) in [4.78, 5) is 64.8. The average molecular weight is 912 g/mol. The van der Waals surface area contributed by atoms with Gasteiger partial charge in [0.15, 0.2) is 5.82 Å². The number of carbonyl (C=O) groups is 4. The van der Waals surface area contributed by atoms with Gasteiger partial charge in [0.25, 0.3) is 11.8 Å². The minimum atomic E-state index is -3.47. The Morgan fingerprint density at radius 2 is 1.62 bits per heavy atom. The number of sulfonamides is 1. The SMILES string of the molecule is COc1cc(N2CCC(NCCNCC3CN(c4ccc5c(c4)C(=O)N(C4CCC(=O)NC4=O)C5=O)C3)CC2)ccc1Nc1ncc(Cl)c(Nc2cccc3c2N(S(C)(=O)=O)CC3)n1. The number of carbonyl (C=O) groups excluding carboxylic acids is 4. The number of imide groups is 2. The van der Waals surface area contributed by atoms with Gasteiger partial charge < -0.3 is 35.8 Å². The van der Waals surface area contributed by atoms with Crippen LogP contribution in [0.3, 0.4) is 0 Å². The lowest BCUT2D eigenvalue weighted by Gasteiger charge is -2.41. The van der Waals surface area contributed by atoms with Crippen LogP contribution in [0.2, 0.25) is 5.02 Å². The van der Waals surface area contributed by atoms with Crippen LogP contribution in [0.25, 0.3) is 0 Å². The molecule has 1 atom stereocenters. The number of rotatable bonds is 15. The molecule has 0 saturated carbocycles. The lowest BCUT2D eigenvalue weighted by Crippen LogP contribution is -2.54. The molecule has 6 heterocycles. The lowest BCUT2D eigenvalue weighted by atomic mass is 9.98. The van der Waals surface area contributed by atoms with Gasteiger partial charge in [0.05, 0.1) is 47.8 Å². The molecule has 0 bridgehead atoms. The molecule has 5 N–H and O–H groups in total. The van der Waals surface area contributed by atoms with Gasteiger partial charge in [-0.2, -0.15) is 4.98 Å². The second-order valence-corrected chi connectivity index (χ2v) is 19.1. The Labute approximate surface area is 376 Å². The van der Waals surface area contributed by atoms with Gasteiger partial charge in [-0.1, -0.05) is 23.7 Å². The van der Waals surface area contributed by atoms with Crippen molar-refractivity contribution >= 4 is 85.5 Å². The normalized spacial score (nSPS) is 19.1. The maximum atomic E-state index is 13.2. The van der Waals surface area contributed by atoms with Crippen LogP contribution in [-0.4, -0.2) is 125 Å². The number of ether oxygens (including phenoxy) is 1. The number of nitrogens with one attached hydrogen (secondary N) is 5. The van der Waals surface area contributed by atoms with Gasteiger partial charge in [0, 0.05) is 88.2 Å². The predicted octanol–water partition coefficient (Wildman–Crippen LogP) is 3.63. The third-order valence-corrected chi connectivity index (χ3v) is 14.0. The van der Waals surface area contributed by atoms with Crippen molar-refractivity contribution < 1.29 is 32.3 Å². The molecular weight excluding hydrogens is 862 g/mol. The van der Waals surface area contributed by atoms with Crippen LogP contribution in [-0.2, 0) is 26.0 Å². The summed E-state index contributed by atoms with van der Waals surface area (Å²) in [6.45, 7) is 6.40. The van der Waals surface area contributed by atoms with E-state index in [4.69, 9.17) is 16.3 Å². The van der Waals surface area contributed by atoms with Crippen LogP contribution < -0.4 is 45.4 Å². The van der Waals surface area contributed by atoms with Gasteiger partial charge >= 0.3 is 0 Å². The van der Waals surface area contributed by atoms with Crippen molar-refractivity contribution in [1.82, 2.24) is 30.8 Å². The molecule has 0 aliphatic carbocycles. The van der Waals surface area contributed by atoms with Gasteiger partial charge in [-0.3, -0.25) is 33.7 Å². The summed E-state index contributed by atoms with van der Waals surface area (Å²) < 4.78 is 32.2. The second kappa shape index (κ2) is 17.9. The Morgan fingerprint density at radius 1 is 0.859 bits per heavy atom. The summed E-state index contributed by atoms with van der Waals surface area (Å²) in [6, 6.07) is 16.3. The smallest absolute Gasteiger partial charge is 0.262 e. The van der Waals surface area contributed by atoms with Crippen LogP contribution in [0.4, 0.5) is 40.2 Å². The van der Waals surface area contributed by atoms with E-state index in [1.54, 1.807) is 25.3 Å². The zero-order chi connectivity index (χ0) is 44.7. The minimum absolute atomic E-state index is 0.0874. The van der Waals surface area contributed by atoms with Gasteiger partial charge in [-0.05, 0) is 67.6 Å². The highest BCUT2D eigenvalue weighted by Crippen LogP contribution is 2.40. The van der Waals surface area contributed by atoms with E-state index in [9.17, 15) is 27.6 Å². The summed E-state index contributed by atoms with van der Waals surface area (Å²) in [5.74, 6) is -0.289. The van der Waals surface area contributed by atoms with Crippen molar-refractivity contribution in [3.63, 3.8) is 0 Å². The molecular formula is C44H50ClN11O7S. The summed E-state index contributed by atoms with van der Waals surface area (Å²) in [5, 5.41) is 16.3. The topological polar surface area (TPSA) is 211 Å². The molecule has 3 saturated heterocycles. The summed E-state index contributed by atoms with van der Waals surface area (Å²) in [7, 11) is -1.84. The van der Waals surface area contributed by atoms with Gasteiger partial charge in [0.2, 0.25) is 27.8 Å².